The highest BCUT2D eigenvalue weighted by Gasteiger charge is 2.40. The van der Waals surface area contributed by atoms with Crippen molar-refractivity contribution >= 4 is 0 Å². The summed E-state index contributed by atoms with van der Waals surface area (Å²) < 4.78 is 6.39. The quantitative estimate of drug-likeness (QED) is 0.726. The minimum atomic E-state index is 0.276. The monoisotopic (exact) mass is 282 g/mol. The number of hydrogen-bond acceptors (Lipinski definition) is 3. The van der Waals surface area contributed by atoms with Gasteiger partial charge in [-0.1, -0.05) is 26.2 Å². The Morgan fingerprint density at radius 1 is 1.25 bits per heavy atom. The zero-order valence-electron chi connectivity index (χ0n) is 13.8. The van der Waals surface area contributed by atoms with Gasteiger partial charge >= 0.3 is 0 Å². The van der Waals surface area contributed by atoms with E-state index in [1.54, 1.807) is 0 Å². The van der Waals surface area contributed by atoms with Crippen LogP contribution in [0.1, 0.15) is 65.2 Å². The molecule has 2 unspecified atom stereocenters. The van der Waals surface area contributed by atoms with Crippen molar-refractivity contribution in [3.63, 3.8) is 0 Å². The second-order valence-corrected chi connectivity index (χ2v) is 6.96. The Morgan fingerprint density at radius 3 is 2.70 bits per heavy atom. The summed E-state index contributed by atoms with van der Waals surface area (Å²) in [4.78, 5) is 2.44. The molecule has 0 amide bonds. The predicted octanol–water partition coefficient (Wildman–Crippen LogP) is 3.19. The van der Waals surface area contributed by atoms with Crippen LogP contribution in [0.2, 0.25) is 0 Å². The van der Waals surface area contributed by atoms with Crippen LogP contribution in [-0.4, -0.2) is 49.3 Å². The summed E-state index contributed by atoms with van der Waals surface area (Å²) in [6.07, 6.45) is 11.0. The van der Waals surface area contributed by atoms with Crippen molar-refractivity contribution < 1.29 is 4.74 Å². The number of likely N-dealkylation sites (N-methyl/N-ethyl adjacent to an activating group) is 1. The molecule has 2 fully saturated rings. The first-order valence-electron chi connectivity index (χ1n) is 8.74. The van der Waals surface area contributed by atoms with E-state index in [0.29, 0.717) is 12.1 Å². The predicted molar refractivity (Wildman–Crippen MR) is 85.2 cm³/mol. The highest BCUT2D eigenvalue weighted by atomic mass is 16.5. The van der Waals surface area contributed by atoms with Crippen molar-refractivity contribution in [2.45, 2.75) is 83.0 Å². The Morgan fingerprint density at radius 2 is 2.00 bits per heavy atom. The van der Waals surface area contributed by atoms with E-state index in [1.807, 2.05) is 0 Å². The second-order valence-electron chi connectivity index (χ2n) is 6.96. The Labute approximate surface area is 125 Å². The molecule has 0 aromatic rings. The Balaban J connectivity index is 1.59. The average molecular weight is 282 g/mol. The van der Waals surface area contributed by atoms with E-state index in [4.69, 9.17) is 4.74 Å². The fraction of sp³-hybridized carbons (Fsp3) is 1.00. The van der Waals surface area contributed by atoms with Gasteiger partial charge in [0.1, 0.15) is 0 Å². The summed E-state index contributed by atoms with van der Waals surface area (Å²) in [5.41, 5.74) is 0.276. The van der Waals surface area contributed by atoms with E-state index in [2.05, 4.69) is 31.1 Å². The Bertz CT molecular complexity index is 276. The molecule has 0 aromatic heterocycles. The summed E-state index contributed by atoms with van der Waals surface area (Å²) in [7, 11) is 2.22. The average Bonchev–Trinajstić information content (AvgIpc) is 2.86. The molecule has 20 heavy (non-hydrogen) atoms. The van der Waals surface area contributed by atoms with Crippen LogP contribution in [0.3, 0.4) is 0 Å². The fourth-order valence-electron chi connectivity index (χ4n) is 3.65. The van der Waals surface area contributed by atoms with E-state index in [9.17, 15) is 0 Å². The molecule has 3 heteroatoms. The number of rotatable bonds is 7. The van der Waals surface area contributed by atoms with Gasteiger partial charge < -0.3 is 15.0 Å². The van der Waals surface area contributed by atoms with Crippen LogP contribution in [0, 0.1) is 0 Å². The topological polar surface area (TPSA) is 24.5 Å². The Kier molecular flexibility index (Phi) is 6.31. The maximum absolute atomic E-state index is 6.39. The van der Waals surface area contributed by atoms with Crippen LogP contribution < -0.4 is 5.32 Å². The summed E-state index contributed by atoms with van der Waals surface area (Å²) in [5.74, 6) is 0. The van der Waals surface area contributed by atoms with E-state index in [1.165, 1.54) is 51.4 Å². The molecule has 0 radical (unpaired) electrons. The van der Waals surface area contributed by atoms with E-state index < -0.39 is 0 Å². The molecule has 1 heterocycles. The first kappa shape index (κ1) is 16.3. The number of nitrogens with zero attached hydrogens (tertiary/aromatic N) is 1. The van der Waals surface area contributed by atoms with Crippen molar-refractivity contribution in [3.8, 4) is 0 Å². The SMILES string of the molecule is CCC(C)N(C)CCNCC1CCC2(CCCCC2)O1. The molecular formula is C17H34N2O. The normalized spacial score (nSPS) is 27.3. The first-order chi connectivity index (χ1) is 9.65. The number of ether oxygens (including phenoxy) is 1. The van der Waals surface area contributed by atoms with Gasteiger partial charge in [-0.2, -0.15) is 0 Å². The molecule has 0 aromatic carbocycles. The summed E-state index contributed by atoms with van der Waals surface area (Å²) >= 11 is 0. The summed E-state index contributed by atoms with van der Waals surface area (Å²) in [6.45, 7) is 7.80. The third-order valence-electron chi connectivity index (χ3n) is 5.46. The maximum Gasteiger partial charge on any atom is 0.0708 e. The smallest absolute Gasteiger partial charge is 0.0708 e. The molecule has 1 saturated heterocycles. The zero-order chi connectivity index (χ0) is 14.4. The third kappa shape index (κ3) is 4.44. The van der Waals surface area contributed by atoms with Gasteiger partial charge in [0.05, 0.1) is 11.7 Å². The van der Waals surface area contributed by atoms with Crippen LogP contribution in [0.25, 0.3) is 0 Å². The number of nitrogens with one attached hydrogen (secondary N) is 1. The highest BCUT2D eigenvalue weighted by Crippen LogP contribution is 2.41. The van der Waals surface area contributed by atoms with Gasteiger partial charge in [0.15, 0.2) is 0 Å². The van der Waals surface area contributed by atoms with Gasteiger partial charge in [0.25, 0.3) is 0 Å². The van der Waals surface area contributed by atoms with Gasteiger partial charge in [0, 0.05) is 25.7 Å². The van der Waals surface area contributed by atoms with Crippen LogP contribution in [0.4, 0.5) is 0 Å². The van der Waals surface area contributed by atoms with Crippen LogP contribution in [-0.2, 0) is 4.74 Å². The van der Waals surface area contributed by atoms with Crippen LogP contribution in [0.15, 0.2) is 0 Å². The Hall–Kier alpha value is -0.120. The van der Waals surface area contributed by atoms with Gasteiger partial charge in [-0.3, -0.25) is 0 Å². The third-order valence-corrected chi connectivity index (χ3v) is 5.46. The molecule has 1 aliphatic heterocycles. The molecule has 1 N–H and O–H groups in total. The fourth-order valence-corrected chi connectivity index (χ4v) is 3.65. The van der Waals surface area contributed by atoms with Gasteiger partial charge in [0.2, 0.25) is 0 Å². The minimum Gasteiger partial charge on any atom is -0.370 e. The van der Waals surface area contributed by atoms with E-state index >= 15 is 0 Å². The number of hydrogen-bond donors (Lipinski definition) is 1. The lowest BCUT2D eigenvalue weighted by Gasteiger charge is -2.33. The lowest BCUT2D eigenvalue weighted by Crippen LogP contribution is -2.38. The van der Waals surface area contributed by atoms with E-state index in [-0.39, 0.29) is 5.60 Å². The van der Waals surface area contributed by atoms with Gasteiger partial charge in [-0.15, -0.1) is 0 Å². The molecule has 2 aliphatic rings. The highest BCUT2D eigenvalue weighted by molar-refractivity contribution is 4.91. The molecule has 2 atom stereocenters. The standard InChI is InChI=1S/C17H34N2O/c1-4-15(2)19(3)13-12-18-14-16-8-11-17(20-16)9-6-5-7-10-17/h15-16,18H,4-14H2,1-3H3. The van der Waals surface area contributed by atoms with Gasteiger partial charge in [-0.25, -0.2) is 0 Å². The van der Waals surface area contributed by atoms with Gasteiger partial charge in [-0.05, 0) is 46.1 Å². The second kappa shape index (κ2) is 7.77. The molecule has 0 bridgehead atoms. The lowest BCUT2D eigenvalue weighted by molar-refractivity contribution is -0.0623. The molecule has 1 saturated carbocycles. The summed E-state index contributed by atoms with van der Waals surface area (Å²) in [6, 6.07) is 0.685. The zero-order valence-corrected chi connectivity index (χ0v) is 13.8. The van der Waals surface area contributed by atoms with Crippen LogP contribution >= 0.6 is 0 Å². The minimum absolute atomic E-state index is 0.276. The van der Waals surface area contributed by atoms with E-state index in [0.717, 1.165) is 19.6 Å². The van der Waals surface area contributed by atoms with Crippen molar-refractivity contribution in [3.05, 3.63) is 0 Å². The molecule has 118 valence electrons. The molecule has 3 nitrogen and oxygen atoms in total. The maximum atomic E-state index is 6.39. The molecule has 1 aliphatic carbocycles. The summed E-state index contributed by atoms with van der Waals surface area (Å²) in [5, 5.41) is 3.59. The molecular weight excluding hydrogens is 248 g/mol. The van der Waals surface area contributed by atoms with Crippen molar-refractivity contribution in [1.82, 2.24) is 10.2 Å². The van der Waals surface area contributed by atoms with Crippen molar-refractivity contribution in [2.24, 2.45) is 0 Å². The largest absolute Gasteiger partial charge is 0.370 e. The van der Waals surface area contributed by atoms with Crippen molar-refractivity contribution in [2.75, 3.05) is 26.7 Å². The molecule has 1 spiro atoms. The van der Waals surface area contributed by atoms with Crippen LogP contribution in [0.5, 0.6) is 0 Å². The molecule has 2 rings (SSSR count). The first-order valence-corrected chi connectivity index (χ1v) is 8.74. The lowest BCUT2D eigenvalue weighted by atomic mass is 9.83. The van der Waals surface area contributed by atoms with Crippen molar-refractivity contribution in [1.29, 1.82) is 0 Å².